The lowest BCUT2D eigenvalue weighted by Gasteiger charge is -2.35. The van der Waals surface area contributed by atoms with Crippen molar-refractivity contribution in [1.29, 1.82) is 5.41 Å². The first kappa shape index (κ1) is 34.5. The number of pyridine rings is 1. The predicted molar refractivity (Wildman–Crippen MR) is 197 cm³/mol. The number of allylic oxidation sites excluding steroid dienone is 2. The molecule has 1 fully saturated rings. The van der Waals surface area contributed by atoms with Crippen molar-refractivity contribution in [3.8, 4) is 0 Å². The number of hydrogen-bond donors (Lipinski definition) is 3. The van der Waals surface area contributed by atoms with Gasteiger partial charge in [-0.05, 0) is 86.1 Å². The van der Waals surface area contributed by atoms with E-state index >= 15 is 0 Å². The molecule has 0 unspecified atom stereocenters. The molecule has 4 heterocycles. The van der Waals surface area contributed by atoms with Crippen molar-refractivity contribution in [1.82, 2.24) is 20.1 Å². The van der Waals surface area contributed by atoms with E-state index in [2.05, 4.69) is 57.0 Å². The van der Waals surface area contributed by atoms with Crippen LogP contribution < -0.4 is 15.5 Å². The Labute approximate surface area is 289 Å². The van der Waals surface area contributed by atoms with Gasteiger partial charge in [-0.25, -0.2) is 13.8 Å². The third kappa shape index (κ3) is 8.43. The van der Waals surface area contributed by atoms with Gasteiger partial charge in [0.15, 0.2) is 0 Å². The number of benzene rings is 2. The van der Waals surface area contributed by atoms with E-state index in [1.54, 1.807) is 0 Å². The second kappa shape index (κ2) is 15.4. The number of guanidine groups is 1. The zero-order valence-corrected chi connectivity index (χ0v) is 29.0. The highest BCUT2D eigenvalue weighted by molar-refractivity contribution is 6.16. The molecule has 3 aliphatic heterocycles. The van der Waals surface area contributed by atoms with Gasteiger partial charge in [-0.2, -0.15) is 0 Å². The summed E-state index contributed by atoms with van der Waals surface area (Å²) in [5.41, 5.74) is 9.11. The second-order valence-corrected chi connectivity index (χ2v) is 13.6. The Morgan fingerprint density at radius 3 is 2.49 bits per heavy atom. The first-order valence-corrected chi connectivity index (χ1v) is 17.4. The van der Waals surface area contributed by atoms with Gasteiger partial charge < -0.3 is 25.8 Å². The lowest BCUT2D eigenvalue weighted by molar-refractivity contribution is 0.128. The number of piperazine rings is 1. The highest BCUT2D eigenvalue weighted by Gasteiger charge is 2.28. The minimum absolute atomic E-state index is 0.436. The first-order chi connectivity index (χ1) is 23.7. The molecule has 3 aromatic rings. The number of fused-ring (bicyclic) bond motifs is 5. The van der Waals surface area contributed by atoms with Gasteiger partial charge in [-0.3, -0.25) is 9.88 Å². The maximum atomic E-state index is 13.6. The Kier molecular flexibility index (Phi) is 10.8. The normalized spacial score (nSPS) is 21.9. The highest BCUT2D eigenvalue weighted by Crippen LogP contribution is 2.36. The van der Waals surface area contributed by atoms with Gasteiger partial charge in [0.05, 0.1) is 22.8 Å². The van der Waals surface area contributed by atoms with Gasteiger partial charge in [0.25, 0.3) is 0 Å². The SMILES string of the molecule is C=C1/N=C2\Nc3ccc(CN4CCN(CCc5cc(F)cc(F)c5)CC4)cc3N2C[C@H](C)CCCC/C(NC)=C(/C=N)c2cc1cc(C)n2. The molecule has 2 aromatic carbocycles. The summed E-state index contributed by atoms with van der Waals surface area (Å²) in [4.78, 5) is 17.0. The lowest BCUT2D eigenvalue weighted by Crippen LogP contribution is -2.46. The molecule has 0 spiro atoms. The number of hydrogen-bond acceptors (Lipinski definition) is 8. The third-order valence-electron chi connectivity index (χ3n) is 9.81. The zero-order valence-electron chi connectivity index (χ0n) is 29.0. The summed E-state index contributed by atoms with van der Waals surface area (Å²) in [7, 11) is 1.92. The molecule has 258 valence electrons. The van der Waals surface area contributed by atoms with Gasteiger partial charge in [-0.1, -0.05) is 26.0 Å². The fourth-order valence-corrected chi connectivity index (χ4v) is 7.12. The zero-order chi connectivity index (χ0) is 34.5. The highest BCUT2D eigenvalue weighted by atomic mass is 19.1. The van der Waals surface area contributed by atoms with Crippen LogP contribution in [-0.4, -0.2) is 73.3 Å². The second-order valence-electron chi connectivity index (χ2n) is 13.6. The molecule has 0 amide bonds. The van der Waals surface area contributed by atoms with Gasteiger partial charge in [0, 0.05) is 87.7 Å². The van der Waals surface area contributed by atoms with Crippen molar-refractivity contribution in [2.75, 3.05) is 56.5 Å². The summed E-state index contributed by atoms with van der Waals surface area (Å²) in [5, 5.41) is 15.1. The Hall–Kier alpha value is -4.41. The Morgan fingerprint density at radius 2 is 1.76 bits per heavy atom. The fourth-order valence-electron chi connectivity index (χ4n) is 7.12. The van der Waals surface area contributed by atoms with E-state index in [1.807, 2.05) is 26.1 Å². The molecule has 10 heteroatoms. The average molecular weight is 667 g/mol. The quantitative estimate of drug-likeness (QED) is 0.234. The summed E-state index contributed by atoms with van der Waals surface area (Å²) in [6.45, 7) is 14.9. The molecular weight excluding hydrogens is 618 g/mol. The van der Waals surface area contributed by atoms with E-state index in [4.69, 9.17) is 15.4 Å². The first-order valence-electron chi connectivity index (χ1n) is 17.4. The Morgan fingerprint density at radius 1 is 1.00 bits per heavy atom. The van der Waals surface area contributed by atoms with Crippen molar-refractivity contribution in [2.24, 2.45) is 10.9 Å². The van der Waals surface area contributed by atoms with E-state index in [1.165, 1.54) is 23.9 Å². The van der Waals surface area contributed by atoms with Crippen molar-refractivity contribution < 1.29 is 8.78 Å². The predicted octanol–water partition coefficient (Wildman–Crippen LogP) is 7.08. The summed E-state index contributed by atoms with van der Waals surface area (Å²) in [5.74, 6) is 0.182. The third-order valence-corrected chi connectivity index (χ3v) is 9.81. The van der Waals surface area contributed by atoms with Crippen LogP contribution in [-0.2, 0) is 13.0 Å². The number of halogens is 2. The number of nitrogens with one attached hydrogen (secondary N) is 3. The van der Waals surface area contributed by atoms with Crippen LogP contribution in [0.25, 0.3) is 11.3 Å². The molecule has 1 saturated heterocycles. The molecule has 0 radical (unpaired) electrons. The van der Waals surface area contributed by atoms with Crippen LogP contribution in [0, 0.1) is 29.9 Å². The standard InChI is InChI=1S/C39H48F2N8/c1-26-7-5-6-8-35(43-4)34(23-42)37-21-31(17-27(2)44-37)28(3)45-39-46-36-10-9-30(20-38(36)49(39)24-26)25-48-15-13-47(14-16-48)12-11-29-18-32(40)22-33(41)19-29/h9-10,17-23,26,42-43H,3,5-8,11-16,24-25H2,1-2,4H3,(H,45,46)/b35-34+,42-23?/t26-/m1/s1. The summed E-state index contributed by atoms with van der Waals surface area (Å²) in [6.07, 6.45) is 6.10. The summed E-state index contributed by atoms with van der Waals surface area (Å²) < 4.78 is 27.2. The van der Waals surface area contributed by atoms with Crippen LogP contribution >= 0.6 is 0 Å². The fraction of sp³-hybridized carbons (Fsp3) is 0.410. The molecule has 0 aliphatic carbocycles. The van der Waals surface area contributed by atoms with Crippen LogP contribution in [0.3, 0.4) is 0 Å². The minimum atomic E-state index is -0.516. The van der Waals surface area contributed by atoms with Gasteiger partial charge in [-0.15, -0.1) is 0 Å². The molecule has 3 aliphatic rings. The smallest absolute Gasteiger partial charge is 0.208 e. The molecule has 8 nitrogen and oxygen atoms in total. The lowest BCUT2D eigenvalue weighted by atomic mass is 9.99. The topological polar surface area (TPSA) is 82.9 Å². The number of anilines is 2. The van der Waals surface area contributed by atoms with Crippen molar-refractivity contribution in [3.63, 3.8) is 0 Å². The summed E-state index contributed by atoms with van der Waals surface area (Å²) in [6, 6.07) is 14.4. The van der Waals surface area contributed by atoms with Crippen LogP contribution in [0.4, 0.5) is 20.2 Å². The Bertz CT molecular complexity index is 1740. The molecule has 6 rings (SSSR count). The molecule has 1 atom stereocenters. The maximum absolute atomic E-state index is 13.6. The van der Waals surface area contributed by atoms with Crippen molar-refractivity contribution in [2.45, 2.75) is 52.5 Å². The van der Waals surface area contributed by atoms with Gasteiger partial charge >= 0.3 is 0 Å². The van der Waals surface area contributed by atoms with Gasteiger partial charge in [0.2, 0.25) is 5.96 Å². The molecule has 1 aromatic heterocycles. The molecular formula is C39H48F2N8. The number of aliphatic imine (C=N–C) groups is 1. The van der Waals surface area contributed by atoms with Crippen molar-refractivity contribution in [3.05, 3.63) is 101 Å². The van der Waals surface area contributed by atoms with Crippen molar-refractivity contribution >= 4 is 34.8 Å². The van der Waals surface area contributed by atoms with Gasteiger partial charge in [0.1, 0.15) is 11.6 Å². The monoisotopic (exact) mass is 666 g/mol. The average Bonchev–Trinajstić information content (AvgIpc) is 3.40. The van der Waals surface area contributed by atoms with Crippen LogP contribution in [0.1, 0.15) is 60.7 Å². The maximum Gasteiger partial charge on any atom is 0.208 e. The minimum Gasteiger partial charge on any atom is -0.391 e. The Balaban J connectivity index is 1.18. The molecule has 2 bridgehead atoms. The molecule has 49 heavy (non-hydrogen) atoms. The van der Waals surface area contributed by atoms with Crippen LogP contribution in [0.15, 0.2) is 65.8 Å². The van der Waals surface area contributed by atoms with Crippen LogP contribution in [0.2, 0.25) is 0 Å². The van der Waals surface area contributed by atoms with E-state index < -0.39 is 11.6 Å². The number of nitrogens with zero attached hydrogens (tertiary/aromatic N) is 5. The van der Waals surface area contributed by atoms with E-state index in [0.717, 1.165) is 123 Å². The summed E-state index contributed by atoms with van der Waals surface area (Å²) >= 11 is 0. The van der Waals surface area contributed by atoms with E-state index in [-0.39, 0.29) is 0 Å². The number of rotatable bonds is 7. The molecule has 3 N–H and O–H groups in total. The van der Waals surface area contributed by atoms with Crippen LogP contribution in [0.5, 0.6) is 0 Å². The van der Waals surface area contributed by atoms with E-state index in [0.29, 0.717) is 23.6 Å². The number of aryl methyl sites for hydroxylation is 1. The largest absolute Gasteiger partial charge is 0.391 e. The number of aromatic nitrogens is 1. The van der Waals surface area contributed by atoms with E-state index in [9.17, 15) is 8.78 Å². The molecule has 0 saturated carbocycles.